The molecule has 11 heavy (non-hydrogen) atoms. The number of aromatic nitrogens is 1. The second kappa shape index (κ2) is 3.13. The number of hydrogen-bond donors (Lipinski definition) is 1. The van der Waals surface area contributed by atoms with Crippen LogP contribution in [0.4, 0.5) is 0 Å². The summed E-state index contributed by atoms with van der Waals surface area (Å²) in [4.78, 5) is 0. The highest BCUT2D eigenvalue weighted by Gasteiger charge is 2.05. The van der Waals surface area contributed by atoms with E-state index in [9.17, 15) is 5.21 Å². The molecule has 1 rings (SSSR count). The minimum Gasteiger partial charge on any atom is -0.618 e. The van der Waals surface area contributed by atoms with E-state index in [1.165, 1.54) is 0 Å². The molecule has 0 unspecified atom stereocenters. The quantitative estimate of drug-likeness (QED) is 0.385. The van der Waals surface area contributed by atoms with Crippen molar-refractivity contribution < 1.29 is 4.73 Å². The van der Waals surface area contributed by atoms with Crippen LogP contribution in [0.15, 0.2) is 17.3 Å². The highest BCUT2D eigenvalue weighted by molar-refractivity contribution is 7.80. The van der Waals surface area contributed by atoms with Gasteiger partial charge in [-0.05, 0) is 19.4 Å². The molecule has 1 aromatic rings. The fourth-order valence-corrected chi connectivity index (χ4v) is 1.08. The Morgan fingerprint density at radius 1 is 1.64 bits per heavy atom. The van der Waals surface area contributed by atoms with E-state index >= 15 is 0 Å². The van der Waals surface area contributed by atoms with Crippen LogP contribution < -0.4 is 4.73 Å². The highest BCUT2D eigenvalue weighted by atomic mass is 32.1. The molecule has 0 N–H and O–H groups in total. The van der Waals surface area contributed by atoms with Crippen molar-refractivity contribution in [3.8, 4) is 0 Å². The lowest BCUT2D eigenvalue weighted by Gasteiger charge is -2.03. The Morgan fingerprint density at radius 3 is 2.73 bits per heavy atom. The maximum Gasteiger partial charge on any atom is 0.251 e. The average Bonchev–Trinajstić information content (AvgIpc) is 1.99. The van der Waals surface area contributed by atoms with Gasteiger partial charge in [-0.2, -0.15) is 4.73 Å². The molecule has 60 valence electrons. The zero-order chi connectivity index (χ0) is 8.43. The Kier molecular flexibility index (Phi) is 2.39. The molecule has 1 heterocycles. The van der Waals surface area contributed by atoms with Crippen molar-refractivity contribution in [1.29, 1.82) is 0 Å². The molecule has 0 atom stereocenters. The fourth-order valence-electron chi connectivity index (χ4n) is 0.959. The normalized spacial score (nSPS) is 10.1. The van der Waals surface area contributed by atoms with Gasteiger partial charge in [0.1, 0.15) is 0 Å². The van der Waals surface area contributed by atoms with Crippen LogP contribution in [0, 0.1) is 12.1 Å². The summed E-state index contributed by atoms with van der Waals surface area (Å²) in [5.41, 5.74) is 1.98. The van der Waals surface area contributed by atoms with Crippen molar-refractivity contribution in [2.45, 2.75) is 25.3 Å². The first-order valence-electron chi connectivity index (χ1n) is 3.56. The lowest BCUT2D eigenvalue weighted by molar-refractivity contribution is -0.646. The van der Waals surface area contributed by atoms with Crippen LogP contribution >= 0.6 is 12.6 Å². The van der Waals surface area contributed by atoms with Crippen molar-refractivity contribution in [3.05, 3.63) is 28.6 Å². The lowest BCUT2D eigenvalue weighted by Crippen LogP contribution is -2.29. The third-order valence-corrected chi connectivity index (χ3v) is 2.20. The number of thiol groups is 1. The van der Waals surface area contributed by atoms with Gasteiger partial charge >= 0.3 is 0 Å². The van der Waals surface area contributed by atoms with Gasteiger partial charge in [0, 0.05) is 11.1 Å². The van der Waals surface area contributed by atoms with Crippen LogP contribution in [0.25, 0.3) is 0 Å². The number of rotatable bonds is 1. The molecule has 0 aromatic carbocycles. The van der Waals surface area contributed by atoms with E-state index in [-0.39, 0.29) is 0 Å². The first kappa shape index (κ1) is 8.40. The third kappa shape index (κ3) is 1.66. The number of nitrogens with zero attached hydrogens (tertiary/aromatic N) is 1. The molecular weight excluding hydrogens is 158 g/mol. The molecule has 0 aliphatic carbocycles. The van der Waals surface area contributed by atoms with Gasteiger partial charge in [-0.15, -0.1) is 0 Å². The predicted molar refractivity (Wildman–Crippen MR) is 46.8 cm³/mol. The minimum absolute atomic E-state index is 0.488. The zero-order valence-electron chi connectivity index (χ0n) is 6.66. The van der Waals surface area contributed by atoms with Crippen molar-refractivity contribution in [2.24, 2.45) is 0 Å². The lowest BCUT2D eigenvalue weighted by atomic mass is 10.2. The van der Waals surface area contributed by atoms with E-state index in [0.29, 0.717) is 5.03 Å². The van der Waals surface area contributed by atoms with E-state index in [1.807, 2.05) is 19.9 Å². The van der Waals surface area contributed by atoms with Crippen molar-refractivity contribution in [2.75, 3.05) is 0 Å². The Balaban J connectivity index is 3.21. The molecular formula is C8H11NOS. The summed E-state index contributed by atoms with van der Waals surface area (Å²) in [5, 5.41) is 11.5. The average molecular weight is 169 g/mol. The molecule has 0 bridgehead atoms. The summed E-state index contributed by atoms with van der Waals surface area (Å²) in [6.45, 7) is 3.91. The van der Waals surface area contributed by atoms with E-state index < -0.39 is 0 Å². The summed E-state index contributed by atoms with van der Waals surface area (Å²) >= 11 is 4.05. The second-order valence-corrected chi connectivity index (χ2v) is 2.96. The molecule has 0 saturated heterocycles. The first-order chi connectivity index (χ1) is 5.15. The second-order valence-electron chi connectivity index (χ2n) is 2.53. The van der Waals surface area contributed by atoms with E-state index in [0.717, 1.165) is 22.3 Å². The maximum absolute atomic E-state index is 11.1. The van der Waals surface area contributed by atoms with Crippen LogP contribution in [0.2, 0.25) is 0 Å². The van der Waals surface area contributed by atoms with Crippen molar-refractivity contribution in [3.63, 3.8) is 0 Å². The minimum atomic E-state index is 0.488. The van der Waals surface area contributed by atoms with Crippen molar-refractivity contribution >= 4 is 12.6 Å². The topological polar surface area (TPSA) is 26.9 Å². The van der Waals surface area contributed by atoms with Gasteiger partial charge in [0.2, 0.25) is 0 Å². The number of aryl methyl sites for hydroxylation is 2. The molecule has 3 heteroatoms. The largest absolute Gasteiger partial charge is 0.618 e. The van der Waals surface area contributed by atoms with Crippen LogP contribution in [-0.2, 0) is 6.42 Å². The zero-order valence-corrected chi connectivity index (χ0v) is 7.56. The Morgan fingerprint density at radius 2 is 2.27 bits per heavy atom. The van der Waals surface area contributed by atoms with Gasteiger partial charge in [0.25, 0.3) is 5.03 Å². The molecule has 2 nitrogen and oxygen atoms in total. The molecule has 0 amide bonds. The van der Waals surface area contributed by atoms with Gasteiger partial charge in [-0.1, -0.05) is 19.6 Å². The molecule has 1 aromatic heterocycles. The number of hydrogen-bond acceptors (Lipinski definition) is 2. The SMILES string of the molecule is CCc1cc(C)c(S)[n+]([O-])c1. The third-order valence-electron chi connectivity index (χ3n) is 1.65. The monoisotopic (exact) mass is 169 g/mol. The summed E-state index contributed by atoms with van der Waals surface area (Å²) < 4.78 is 0.803. The van der Waals surface area contributed by atoms with Gasteiger partial charge in [-0.3, -0.25) is 0 Å². The Bertz CT molecular complexity index is 250. The molecule has 0 aliphatic rings. The standard InChI is InChI=1S/C8H11NOS/c1-3-7-4-6(2)8(11)9(10)5-7/h4-5,11H,3H2,1-2H3. The Hall–Kier alpha value is -0.700. The summed E-state index contributed by atoms with van der Waals surface area (Å²) in [6, 6.07) is 1.98. The summed E-state index contributed by atoms with van der Waals surface area (Å²) in [7, 11) is 0. The first-order valence-corrected chi connectivity index (χ1v) is 4.01. The fraction of sp³-hybridized carbons (Fsp3) is 0.375. The van der Waals surface area contributed by atoms with Crippen LogP contribution in [0.1, 0.15) is 18.1 Å². The molecule has 0 aliphatic heterocycles. The number of pyridine rings is 1. The van der Waals surface area contributed by atoms with Crippen LogP contribution in [0.3, 0.4) is 0 Å². The Labute approximate surface area is 71.9 Å². The molecule has 0 radical (unpaired) electrons. The van der Waals surface area contributed by atoms with E-state index in [4.69, 9.17) is 0 Å². The highest BCUT2D eigenvalue weighted by Crippen LogP contribution is 2.09. The van der Waals surface area contributed by atoms with Gasteiger partial charge in [0.15, 0.2) is 6.20 Å². The van der Waals surface area contributed by atoms with Gasteiger partial charge < -0.3 is 5.21 Å². The molecule has 0 saturated carbocycles. The van der Waals surface area contributed by atoms with Crippen LogP contribution in [0.5, 0.6) is 0 Å². The van der Waals surface area contributed by atoms with E-state index in [2.05, 4.69) is 12.6 Å². The molecule has 0 fully saturated rings. The summed E-state index contributed by atoms with van der Waals surface area (Å²) in [5.74, 6) is 0. The predicted octanol–water partition coefficient (Wildman–Crippen LogP) is 1.48. The van der Waals surface area contributed by atoms with E-state index in [1.54, 1.807) is 6.20 Å². The smallest absolute Gasteiger partial charge is 0.251 e. The molecule has 0 spiro atoms. The van der Waals surface area contributed by atoms with Crippen LogP contribution in [-0.4, -0.2) is 0 Å². The van der Waals surface area contributed by atoms with Crippen molar-refractivity contribution in [1.82, 2.24) is 0 Å². The van der Waals surface area contributed by atoms with Gasteiger partial charge in [-0.25, -0.2) is 0 Å². The van der Waals surface area contributed by atoms with Gasteiger partial charge in [0.05, 0.1) is 0 Å². The maximum atomic E-state index is 11.1. The summed E-state index contributed by atoms with van der Waals surface area (Å²) in [6.07, 6.45) is 2.45.